The highest BCUT2D eigenvalue weighted by atomic mass is 19.1. The summed E-state index contributed by atoms with van der Waals surface area (Å²) in [6.07, 6.45) is 8.10. The Balaban J connectivity index is 1.32. The number of carbonyl (C=O) groups is 1. The second-order valence-electron chi connectivity index (χ2n) is 8.51. The zero-order chi connectivity index (χ0) is 22.3. The standard InChI is InChI=1S/C22H21F2N7O/c23-12-6-15-16(9-27-18(15)26-8-12)19-28-10-17(24)20(31-19)29-13-2-1-3-14(7-13)30-21(32)22(11-25)4-5-22/h6,8-10,13-14H,1-5,7H2,(H,26,27)(H,30,32)(H,28,29,31)/t13?,14-/m1/s1. The van der Waals surface area contributed by atoms with Gasteiger partial charge in [0.1, 0.15) is 16.9 Å². The maximum absolute atomic E-state index is 14.5. The maximum atomic E-state index is 14.5. The van der Waals surface area contributed by atoms with Crippen LogP contribution in [-0.2, 0) is 4.79 Å². The van der Waals surface area contributed by atoms with Gasteiger partial charge in [0.15, 0.2) is 17.5 Å². The number of hydrogen-bond donors (Lipinski definition) is 3. The van der Waals surface area contributed by atoms with E-state index in [9.17, 15) is 18.8 Å². The largest absolute Gasteiger partial charge is 0.365 e. The summed E-state index contributed by atoms with van der Waals surface area (Å²) in [6.45, 7) is 0. The number of aromatic nitrogens is 4. The highest BCUT2D eigenvalue weighted by Gasteiger charge is 2.51. The number of pyridine rings is 1. The fraction of sp³-hybridized carbons (Fsp3) is 0.409. The summed E-state index contributed by atoms with van der Waals surface area (Å²) in [6, 6.07) is 3.27. The Bertz CT molecular complexity index is 1230. The molecule has 3 N–H and O–H groups in total. The van der Waals surface area contributed by atoms with Crippen molar-refractivity contribution in [2.24, 2.45) is 5.41 Å². The molecule has 0 aliphatic heterocycles. The molecule has 0 bridgehead atoms. The molecule has 32 heavy (non-hydrogen) atoms. The Hall–Kier alpha value is -3.61. The van der Waals surface area contributed by atoms with E-state index in [1.165, 1.54) is 6.07 Å². The van der Waals surface area contributed by atoms with Crippen LogP contribution in [0.2, 0.25) is 0 Å². The highest BCUT2D eigenvalue weighted by Crippen LogP contribution is 2.45. The fourth-order valence-corrected chi connectivity index (χ4v) is 4.24. The van der Waals surface area contributed by atoms with E-state index in [0.29, 0.717) is 35.9 Å². The number of carbonyl (C=O) groups excluding carboxylic acids is 1. The molecule has 0 radical (unpaired) electrons. The predicted octanol–water partition coefficient (Wildman–Crippen LogP) is 3.44. The molecule has 0 aromatic carbocycles. The van der Waals surface area contributed by atoms with Gasteiger partial charge in [-0.25, -0.2) is 23.7 Å². The van der Waals surface area contributed by atoms with Gasteiger partial charge in [-0.1, -0.05) is 0 Å². The van der Waals surface area contributed by atoms with Crippen LogP contribution < -0.4 is 10.6 Å². The molecule has 2 aliphatic carbocycles. The van der Waals surface area contributed by atoms with Gasteiger partial charge in [0.05, 0.1) is 18.5 Å². The molecule has 2 atom stereocenters. The van der Waals surface area contributed by atoms with Crippen molar-refractivity contribution in [3.8, 4) is 17.5 Å². The molecule has 2 aliphatic rings. The summed E-state index contributed by atoms with van der Waals surface area (Å²) in [5.41, 5.74) is 0.150. The van der Waals surface area contributed by atoms with Gasteiger partial charge >= 0.3 is 0 Å². The van der Waals surface area contributed by atoms with Crippen LogP contribution in [0.1, 0.15) is 38.5 Å². The van der Waals surface area contributed by atoms with E-state index in [1.54, 1.807) is 6.20 Å². The van der Waals surface area contributed by atoms with Crippen LogP contribution in [-0.4, -0.2) is 37.9 Å². The molecule has 3 aromatic heterocycles. The molecule has 3 heterocycles. The predicted molar refractivity (Wildman–Crippen MR) is 112 cm³/mol. The second kappa shape index (κ2) is 7.82. The molecule has 5 rings (SSSR count). The summed E-state index contributed by atoms with van der Waals surface area (Å²) in [5, 5.41) is 15.8. The molecule has 0 saturated heterocycles. The average Bonchev–Trinajstić information content (AvgIpc) is 3.49. The van der Waals surface area contributed by atoms with Gasteiger partial charge in [0.25, 0.3) is 0 Å². The lowest BCUT2D eigenvalue weighted by molar-refractivity contribution is -0.125. The Labute approximate surface area is 182 Å². The highest BCUT2D eigenvalue weighted by molar-refractivity contribution is 5.91. The van der Waals surface area contributed by atoms with E-state index in [1.807, 2.05) is 0 Å². The molecule has 164 valence electrons. The van der Waals surface area contributed by atoms with Crippen molar-refractivity contribution in [3.63, 3.8) is 0 Å². The third-order valence-corrected chi connectivity index (χ3v) is 6.23. The lowest BCUT2D eigenvalue weighted by Crippen LogP contribution is -2.44. The molecule has 10 heteroatoms. The van der Waals surface area contributed by atoms with E-state index in [-0.39, 0.29) is 29.6 Å². The molecule has 2 fully saturated rings. The van der Waals surface area contributed by atoms with E-state index >= 15 is 0 Å². The number of amides is 1. The fourth-order valence-electron chi connectivity index (χ4n) is 4.24. The zero-order valence-corrected chi connectivity index (χ0v) is 17.2. The molecular weight excluding hydrogens is 416 g/mol. The Morgan fingerprint density at radius 2 is 2.03 bits per heavy atom. The van der Waals surface area contributed by atoms with Crippen molar-refractivity contribution in [3.05, 3.63) is 36.3 Å². The summed E-state index contributed by atoms with van der Waals surface area (Å²) in [4.78, 5) is 27.7. The van der Waals surface area contributed by atoms with Crippen molar-refractivity contribution >= 4 is 22.8 Å². The topological polar surface area (TPSA) is 119 Å². The van der Waals surface area contributed by atoms with Crippen molar-refractivity contribution in [1.82, 2.24) is 25.3 Å². The number of anilines is 1. The number of fused-ring (bicyclic) bond motifs is 1. The van der Waals surface area contributed by atoms with Gasteiger partial charge < -0.3 is 15.6 Å². The SMILES string of the molecule is N#CC1(C(=O)N[C@@H]2CCCC(Nc3nc(-c4c[nH]c5ncc(F)cc45)ncc3F)C2)CC1. The minimum atomic E-state index is -0.859. The van der Waals surface area contributed by atoms with Crippen molar-refractivity contribution in [2.75, 3.05) is 5.32 Å². The lowest BCUT2D eigenvalue weighted by Gasteiger charge is -2.31. The monoisotopic (exact) mass is 437 g/mol. The van der Waals surface area contributed by atoms with E-state index in [4.69, 9.17) is 0 Å². The van der Waals surface area contributed by atoms with Crippen LogP contribution in [0.25, 0.3) is 22.4 Å². The number of rotatable bonds is 5. The third kappa shape index (κ3) is 3.75. The first-order chi connectivity index (χ1) is 15.5. The molecule has 3 aromatic rings. The minimum absolute atomic E-state index is 0.0568. The molecule has 2 saturated carbocycles. The Morgan fingerprint density at radius 3 is 2.81 bits per heavy atom. The van der Waals surface area contributed by atoms with Crippen LogP contribution in [0.3, 0.4) is 0 Å². The van der Waals surface area contributed by atoms with Crippen LogP contribution >= 0.6 is 0 Å². The minimum Gasteiger partial charge on any atom is -0.365 e. The summed E-state index contributed by atoms with van der Waals surface area (Å²) in [5.74, 6) is -0.982. The van der Waals surface area contributed by atoms with E-state index in [2.05, 4.69) is 36.6 Å². The number of H-pyrrole nitrogens is 1. The van der Waals surface area contributed by atoms with Crippen molar-refractivity contribution < 1.29 is 13.6 Å². The molecule has 8 nitrogen and oxygen atoms in total. The van der Waals surface area contributed by atoms with E-state index in [0.717, 1.165) is 31.7 Å². The number of nitrogens with zero attached hydrogens (tertiary/aromatic N) is 4. The van der Waals surface area contributed by atoms with E-state index < -0.39 is 17.0 Å². The molecule has 1 amide bonds. The Kier molecular flexibility index (Phi) is 4.96. The van der Waals surface area contributed by atoms with Gasteiger partial charge in [0, 0.05) is 29.2 Å². The number of nitrogens with one attached hydrogen (secondary N) is 3. The second-order valence-corrected chi connectivity index (χ2v) is 8.51. The number of hydrogen-bond acceptors (Lipinski definition) is 6. The van der Waals surface area contributed by atoms with Crippen LogP contribution in [0, 0.1) is 28.4 Å². The number of halogens is 2. The Morgan fingerprint density at radius 1 is 1.22 bits per heavy atom. The van der Waals surface area contributed by atoms with Crippen molar-refractivity contribution in [2.45, 2.75) is 50.6 Å². The van der Waals surface area contributed by atoms with Gasteiger partial charge in [0.2, 0.25) is 5.91 Å². The van der Waals surface area contributed by atoms with Crippen LogP contribution in [0.5, 0.6) is 0 Å². The summed E-state index contributed by atoms with van der Waals surface area (Å²) < 4.78 is 28.1. The number of nitriles is 1. The van der Waals surface area contributed by atoms with Crippen LogP contribution in [0.4, 0.5) is 14.6 Å². The average molecular weight is 437 g/mol. The van der Waals surface area contributed by atoms with Crippen molar-refractivity contribution in [1.29, 1.82) is 5.26 Å². The normalized spacial score (nSPS) is 21.7. The first kappa shape index (κ1) is 20.3. The molecule has 0 spiro atoms. The van der Waals surface area contributed by atoms with Gasteiger partial charge in [-0.2, -0.15) is 5.26 Å². The van der Waals surface area contributed by atoms with Gasteiger partial charge in [-0.3, -0.25) is 4.79 Å². The number of aromatic amines is 1. The molecular formula is C22H21F2N7O. The first-order valence-electron chi connectivity index (χ1n) is 10.6. The zero-order valence-electron chi connectivity index (χ0n) is 17.2. The smallest absolute Gasteiger partial charge is 0.240 e. The first-order valence-corrected chi connectivity index (χ1v) is 10.6. The van der Waals surface area contributed by atoms with Gasteiger partial charge in [-0.05, 0) is 44.6 Å². The quantitative estimate of drug-likeness (QED) is 0.563. The van der Waals surface area contributed by atoms with Gasteiger partial charge in [-0.15, -0.1) is 0 Å². The lowest BCUT2D eigenvalue weighted by atomic mass is 9.90. The summed E-state index contributed by atoms with van der Waals surface area (Å²) in [7, 11) is 0. The summed E-state index contributed by atoms with van der Waals surface area (Å²) >= 11 is 0. The third-order valence-electron chi connectivity index (χ3n) is 6.23. The molecule has 1 unspecified atom stereocenters. The van der Waals surface area contributed by atoms with Crippen LogP contribution in [0.15, 0.2) is 24.7 Å². The maximum Gasteiger partial charge on any atom is 0.240 e.